The van der Waals surface area contributed by atoms with Gasteiger partial charge in [-0.15, -0.1) is 0 Å². The molecule has 4 aromatic heterocycles. The zero-order valence-electron chi connectivity index (χ0n) is 23.0. The van der Waals surface area contributed by atoms with E-state index in [0.717, 1.165) is 10.9 Å². The van der Waals surface area contributed by atoms with Gasteiger partial charge < -0.3 is 45.8 Å². The third-order valence-electron chi connectivity index (χ3n) is 7.01. The van der Waals surface area contributed by atoms with Crippen molar-refractivity contribution >= 4 is 49.9 Å². The fraction of sp³-hybridized carbons (Fsp3) is 0.500. The summed E-state index contributed by atoms with van der Waals surface area (Å²) in [5.41, 5.74) is 9.48. The topological polar surface area (TPSA) is 361 Å². The lowest BCUT2D eigenvalue weighted by atomic mass is 10.1. The summed E-state index contributed by atoms with van der Waals surface area (Å²) in [6, 6.07) is 0. The molecule has 0 amide bonds. The average Bonchev–Trinajstić information content (AvgIpc) is 3.72. The second kappa shape index (κ2) is 11.9. The Morgan fingerprint density at radius 2 is 1.46 bits per heavy atom. The third kappa shape index (κ3) is 6.33. The summed E-state index contributed by atoms with van der Waals surface area (Å²) in [5.74, 6) is -0.504. The van der Waals surface area contributed by atoms with Crippen LogP contribution in [0.25, 0.3) is 22.3 Å². The van der Waals surface area contributed by atoms with Crippen LogP contribution in [-0.4, -0.2) is 108 Å². The van der Waals surface area contributed by atoms with E-state index in [2.05, 4.69) is 34.4 Å². The molecule has 4 aromatic rings. The fourth-order valence-electron chi connectivity index (χ4n) is 5.09. The quantitative estimate of drug-likeness (QED) is 0.0744. The Hall–Kier alpha value is -3.64. The van der Waals surface area contributed by atoms with E-state index in [4.69, 9.17) is 30.0 Å². The van der Waals surface area contributed by atoms with E-state index in [1.54, 1.807) is 0 Å². The number of nitrogens with two attached hydrogens (primary N) is 2. The minimum atomic E-state index is -5.11. The molecular weight excluding hydrogens is 666 g/mol. The van der Waals surface area contributed by atoms with Crippen LogP contribution in [0.3, 0.4) is 0 Å². The number of nitrogens with one attached hydrogen (secondary N) is 2. The molecule has 0 aromatic carbocycles. The maximum absolute atomic E-state index is 13.0. The highest BCUT2D eigenvalue weighted by molar-refractivity contribution is 7.47. The number of nitrogen functional groups attached to an aromatic ring is 2. The maximum atomic E-state index is 13.0. The first-order valence-electron chi connectivity index (χ1n) is 13.1. The lowest BCUT2D eigenvalue weighted by Gasteiger charge is -2.24. The standard InChI is InChI=1S/C20H26N10O14P2/c21-19-25-13-9(15(33)27-19)23-4-29(13)17-7(31)1-6(42-17)2-41-46(38,39)44-12-8(3-40-45(35,36)37)43-18(11(12)32)30-5-24-10-14(30)26-20(22)28-16(10)34/h4-8,11-12,17-18,31-32H,1-3H2,(H,38,39)(H2,35,36,37)(H3,21,25,27,33)(H3,22,26,28,34)/t6?,7-,8-,11-,12-,17-,18-/m1/s1. The normalized spacial score (nSPS) is 28.3. The third-order valence-corrected chi connectivity index (χ3v) is 8.48. The number of hydrogen-bond acceptors (Lipinski definition) is 17. The molecule has 2 aliphatic rings. The van der Waals surface area contributed by atoms with Crippen molar-refractivity contribution in [3.05, 3.63) is 33.4 Å². The molecule has 0 saturated carbocycles. The number of aromatic nitrogens is 8. The van der Waals surface area contributed by atoms with Gasteiger partial charge in [0.05, 0.1) is 32.0 Å². The highest BCUT2D eigenvalue weighted by atomic mass is 31.2. The van der Waals surface area contributed by atoms with Crippen molar-refractivity contribution in [2.24, 2.45) is 0 Å². The minimum absolute atomic E-state index is 0.0181. The van der Waals surface area contributed by atoms with Crippen LogP contribution >= 0.6 is 15.6 Å². The molecule has 26 heteroatoms. The monoisotopic (exact) mass is 692 g/mol. The molecule has 2 saturated heterocycles. The first kappa shape index (κ1) is 32.3. The maximum Gasteiger partial charge on any atom is 0.472 e. The van der Waals surface area contributed by atoms with E-state index in [0.29, 0.717) is 0 Å². The second-order valence-corrected chi connectivity index (χ2v) is 12.8. The predicted octanol–water partition coefficient (Wildman–Crippen LogP) is -3.06. The van der Waals surface area contributed by atoms with Crippen LogP contribution in [0.5, 0.6) is 0 Å². The van der Waals surface area contributed by atoms with Gasteiger partial charge >= 0.3 is 15.6 Å². The van der Waals surface area contributed by atoms with Crippen LogP contribution in [0.4, 0.5) is 11.9 Å². The predicted molar refractivity (Wildman–Crippen MR) is 148 cm³/mol. The van der Waals surface area contributed by atoms with Crippen LogP contribution in [0.1, 0.15) is 18.9 Å². The van der Waals surface area contributed by atoms with Gasteiger partial charge in [0.1, 0.15) is 24.4 Å². The zero-order valence-corrected chi connectivity index (χ0v) is 24.7. The molecule has 6 rings (SSSR count). The number of anilines is 2. The van der Waals surface area contributed by atoms with Crippen molar-refractivity contribution in [1.82, 2.24) is 39.0 Å². The van der Waals surface area contributed by atoms with Crippen molar-refractivity contribution in [3.8, 4) is 0 Å². The second-order valence-electron chi connectivity index (χ2n) is 10.2. The van der Waals surface area contributed by atoms with Gasteiger partial charge in [-0.3, -0.25) is 42.3 Å². The highest BCUT2D eigenvalue weighted by Gasteiger charge is 2.50. The Kier molecular flexibility index (Phi) is 8.33. The van der Waals surface area contributed by atoms with Crippen LogP contribution in [0.2, 0.25) is 0 Å². The zero-order chi connectivity index (χ0) is 33.1. The lowest BCUT2D eigenvalue weighted by Crippen LogP contribution is -2.36. The first-order chi connectivity index (χ1) is 21.6. The Labute approximate surface area is 253 Å². The number of H-pyrrole nitrogens is 2. The summed E-state index contributed by atoms with van der Waals surface area (Å²) in [6.07, 6.45) is -7.95. The number of phosphoric ester groups is 2. The summed E-state index contributed by atoms with van der Waals surface area (Å²) in [5, 5.41) is 21.7. The summed E-state index contributed by atoms with van der Waals surface area (Å²) in [6.45, 7) is -1.55. The van der Waals surface area contributed by atoms with Gasteiger partial charge in [0.2, 0.25) is 11.9 Å². The van der Waals surface area contributed by atoms with Gasteiger partial charge in [0.25, 0.3) is 11.1 Å². The first-order valence-corrected chi connectivity index (χ1v) is 16.1. The van der Waals surface area contributed by atoms with Gasteiger partial charge in [-0.2, -0.15) is 9.97 Å². The van der Waals surface area contributed by atoms with Crippen molar-refractivity contribution in [2.45, 2.75) is 49.4 Å². The van der Waals surface area contributed by atoms with Gasteiger partial charge in [0.15, 0.2) is 34.8 Å². The summed E-state index contributed by atoms with van der Waals surface area (Å²) in [7, 11) is -10.2. The number of phosphoric acid groups is 2. The molecule has 2 aliphatic heterocycles. The van der Waals surface area contributed by atoms with Crippen LogP contribution < -0.4 is 22.6 Å². The van der Waals surface area contributed by atoms with E-state index in [-0.39, 0.29) is 40.6 Å². The van der Waals surface area contributed by atoms with E-state index in [1.165, 1.54) is 10.9 Å². The Balaban J connectivity index is 1.17. The van der Waals surface area contributed by atoms with Crippen molar-refractivity contribution in [3.63, 3.8) is 0 Å². The van der Waals surface area contributed by atoms with Gasteiger partial charge in [-0.05, 0) is 0 Å². The number of imidazole rings is 2. The number of aliphatic hydroxyl groups excluding tert-OH is 2. The summed E-state index contributed by atoms with van der Waals surface area (Å²) >= 11 is 0. The van der Waals surface area contributed by atoms with Crippen molar-refractivity contribution in [1.29, 1.82) is 0 Å². The van der Waals surface area contributed by atoms with Crippen LogP contribution in [0.15, 0.2) is 22.2 Å². The number of aliphatic hydroxyl groups is 2. The Morgan fingerprint density at radius 3 is 2.02 bits per heavy atom. The number of ether oxygens (including phenoxy) is 2. The van der Waals surface area contributed by atoms with E-state index >= 15 is 0 Å². The number of rotatable bonds is 10. The molecule has 0 spiro atoms. The number of fused-ring (bicyclic) bond motifs is 2. The molecule has 2 unspecified atom stereocenters. The lowest BCUT2D eigenvalue weighted by molar-refractivity contribution is -0.0556. The Morgan fingerprint density at radius 1 is 0.891 bits per heavy atom. The van der Waals surface area contributed by atoms with E-state index in [1.807, 2.05) is 0 Å². The molecular formula is C20H26N10O14P2. The molecule has 8 atom stereocenters. The van der Waals surface area contributed by atoms with Crippen LogP contribution in [-0.2, 0) is 32.2 Å². The van der Waals surface area contributed by atoms with Gasteiger partial charge in [-0.1, -0.05) is 0 Å². The molecule has 250 valence electrons. The fourth-order valence-corrected chi connectivity index (χ4v) is 6.42. The largest absolute Gasteiger partial charge is 0.472 e. The van der Waals surface area contributed by atoms with E-state index < -0.39 is 83.0 Å². The number of nitrogens with zero attached hydrogens (tertiary/aromatic N) is 6. The molecule has 2 fully saturated rings. The molecule has 6 heterocycles. The molecule has 0 aliphatic carbocycles. The average molecular weight is 692 g/mol. The minimum Gasteiger partial charge on any atom is -0.388 e. The SMILES string of the molecule is Nc1nc2c(ncn2[C@@H]2O[C@H](COP(=O)(O)O)[C@@H](OP(=O)(O)OCC3C[C@@H](O)[C@H](n4cnc5c(=O)[nH]c(N)nc54)O3)[C@H]2O)c(=O)[nH]1. The Bertz CT molecular complexity index is 1990. The molecule has 11 N–H and O–H groups in total. The summed E-state index contributed by atoms with van der Waals surface area (Å²) < 4.78 is 52.8. The molecule has 0 bridgehead atoms. The van der Waals surface area contributed by atoms with Gasteiger partial charge in [0, 0.05) is 6.42 Å². The van der Waals surface area contributed by atoms with Crippen molar-refractivity contribution in [2.75, 3.05) is 24.7 Å². The molecule has 0 radical (unpaired) electrons. The van der Waals surface area contributed by atoms with Gasteiger partial charge in [-0.25, -0.2) is 19.1 Å². The number of aromatic amines is 2. The molecule has 46 heavy (non-hydrogen) atoms. The highest BCUT2D eigenvalue weighted by Crippen LogP contribution is 2.50. The molecule has 24 nitrogen and oxygen atoms in total. The summed E-state index contributed by atoms with van der Waals surface area (Å²) in [4.78, 5) is 73.5. The van der Waals surface area contributed by atoms with E-state index in [9.17, 15) is 43.6 Å². The smallest absolute Gasteiger partial charge is 0.388 e. The van der Waals surface area contributed by atoms with Crippen molar-refractivity contribution < 1.29 is 57.1 Å². The van der Waals surface area contributed by atoms with Crippen LogP contribution in [0, 0.1) is 0 Å². The number of hydrogen-bond donors (Lipinski definition) is 9.